The maximum Gasteiger partial charge on any atom is 0.177 e. The molecule has 0 radical (unpaired) electrons. The average molecular weight is 408 g/mol. The summed E-state index contributed by atoms with van der Waals surface area (Å²) in [6, 6.07) is 20.4. The fourth-order valence-corrected chi connectivity index (χ4v) is 4.78. The quantitative estimate of drug-likeness (QED) is 0.297. The van der Waals surface area contributed by atoms with E-state index in [0.717, 1.165) is 51.8 Å². The summed E-state index contributed by atoms with van der Waals surface area (Å²) in [5, 5.41) is 31.7. The van der Waals surface area contributed by atoms with Gasteiger partial charge in [0.25, 0.3) is 0 Å². The number of aromatic hydroxyl groups is 3. The molecule has 4 nitrogen and oxygen atoms in total. The van der Waals surface area contributed by atoms with Crippen LogP contribution in [0.1, 0.15) is 22.3 Å². The highest BCUT2D eigenvalue weighted by Crippen LogP contribution is 2.49. The summed E-state index contributed by atoms with van der Waals surface area (Å²) in [5.41, 5.74) is 7.50. The maximum atomic E-state index is 10.9. The van der Waals surface area contributed by atoms with Crippen LogP contribution in [0.15, 0.2) is 66.7 Å². The lowest BCUT2D eigenvalue weighted by Crippen LogP contribution is -2.06. The summed E-state index contributed by atoms with van der Waals surface area (Å²) in [6.45, 7) is 0. The van der Waals surface area contributed by atoms with Crippen LogP contribution in [0.25, 0.3) is 22.3 Å². The average Bonchev–Trinajstić information content (AvgIpc) is 2.77. The number of ether oxygens (including phenoxy) is 1. The van der Waals surface area contributed by atoms with E-state index < -0.39 is 0 Å². The van der Waals surface area contributed by atoms with Crippen LogP contribution in [-0.2, 0) is 19.3 Å². The first-order chi connectivity index (χ1) is 15.1. The molecule has 3 aliphatic rings. The Morgan fingerprint density at radius 1 is 0.613 bits per heavy atom. The van der Waals surface area contributed by atoms with E-state index in [9.17, 15) is 15.3 Å². The largest absolute Gasteiger partial charge is 0.508 e. The molecule has 0 atom stereocenters. The van der Waals surface area contributed by atoms with E-state index in [1.54, 1.807) is 18.2 Å². The van der Waals surface area contributed by atoms with Gasteiger partial charge in [0.15, 0.2) is 11.5 Å². The summed E-state index contributed by atoms with van der Waals surface area (Å²) in [7, 11) is 0. The number of fused-ring (bicyclic) bond motifs is 2. The van der Waals surface area contributed by atoms with Crippen molar-refractivity contribution < 1.29 is 20.1 Å². The van der Waals surface area contributed by atoms with Crippen molar-refractivity contribution in [1.82, 2.24) is 0 Å². The maximum absolute atomic E-state index is 10.9. The molecule has 0 spiro atoms. The minimum absolute atomic E-state index is 0.0884. The molecule has 0 unspecified atom stereocenters. The molecule has 4 bridgehead atoms. The Morgan fingerprint density at radius 3 is 2.26 bits per heavy atom. The van der Waals surface area contributed by atoms with Crippen molar-refractivity contribution in [1.29, 1.82) is 0 Å². The van der Waals surface area contributed by atoms with E-state index in [0.29, 0.717) is 23.5 Å². The zero-order chi connectivity index (χ0) is 21.1. The van der Waals surface area contributed by atoms with Gasteiger partial charge in [0.1, 0.15) is 17.2 Å². The van der Waals surface area contributed by atoms with Gasteiger partial charge < -0.3 is 20.1 Å². The number of phenolic OH excluding ortho intramolecular Hbond substituents is 3. The van der Waals surface area contributed by atoms with Crippen molar-refractivity contribution in [2.24, 2.45) is 0 Å². The van der Waals surface area contributed by atoms with Crippen LogP contribution >= 0.6 is 0 Å². The molecule has 0 fully saturated rings. The lowest BCUT2D eigenvalue weighted by Gasteiger charge is -2.24. The van der Waals surface area contributed by atoms with Crippen molar-refractivity contribution in [2.75, 3.05) is 0 Å². The molecule has 0 saturated carbocycles. The molecule has 0 amide bonds. The Kier molecular flexibility index (Phi) is 3.78. The van der Waals surface area contributed by atoms with Crippen molar-refractivity contribution >= 4 is 0 Å². The summed E-state index contributed by atoms with van der Waals surface area (Å²) >= 11 is 0. The molecular weight excluding hydrogens is 388 g/mol. The number of phenols is 3. The molecule has 152 valence electrons. The number of hydrogen-bond donors (Lipinski definition) is 3. The molecule has 4 aromatic rings. The van der Waals surface area contributed by atoms with Gasteiger partial charge in [-0.05, 0) is 95.1 Å². The Labute approximate surface area is 179 Å². The highest BCUT2D eigenvalue weighted by atomic mass is 16.5. The van der Waals surface area contributed by atoms with Crippen LogP contribution in [0.5, 0.6) is 28.7 Å². The van der Waals surface area contributed by atoms with Crippen molar-refractivity contribution in [3.63, 3.8) is 0 Å². The lowest BCUT2D eigenvalue weighted by molar-refractivity contribution is 0.412. The molecule has 2 heterocycles. The second-order valence-corrected chi connectivity index (χ2v) is 8.24. The van der Waals surface area contributed by atoms with Gasteiger partial charge >= 0.3 is 0 Å². The van der Waals surface area contributed by atoms with Gasteiger partial charge in [-0.3, -0.25) is 0 Å². The van der Waals surface area contributed by atoms with Crippen LogP contribution in [0.2, 0.25) is 0 Å². The highest BCUT2D eigenvalue weighted by Gasteiger charge is 2.26. The van der Waals surface area contributed by atoms with Crippen LogP contribution in [-0.4, -0.2) is 15.3 Å². The van der Waals surface area contributed by atoms with Crippen LogP contribution in [0, 0.1) is 0 Å². The smallest absolute Gasteiger partial charge is 0.177 e. The predicted molar refractivity (Wildman–Crippen MR) is 119 cm³/mol. The third-order valence-corrected chi connectivity index (χ3v) is 6.29. The zero-order valence-corrected chi connectivity index (χ0v) is 16.7. The van der Waals surface area contributed by atoms with Crippen LogP contribution in [0.4, 0.5) is 0 Å². The van der Waals surface area contributed by atoms with Crippen molar-refractivity contribution in [3.05, 3.63) is 89.0 Å². The number of benzene rings is 4. The molecule has 4 aromatic carbocycles. The SMILES string of the molecule is Oc1ccc2c(c1)Cc1ccc(cc1)Oc1c(O)ccc3c1-c1cc-2c(O)cc1CC3. The minimum Gasteiger partial charge on any atom is -0.508 e. The van der Waals surface area contributed by atoms with Gasteiger partial charge in [0.05, 0.1) is 0 Å². The number of aryl methyl sites for hydroxylation is 2. The zero-order valence-electron chi connectivity index (χ0n) is 16.7. The van der Waals surface area contributed by atoms with Crippen molar-refractivity contribution in [3.8, 4) is 51.0 Å². The summed E-state index contributed by atoms with van der Waals surface area (Å²) in [5.74, 6) is 1.58. The minimum atomic E-state index is 0.0884. The fraction of sp³-hybridized carbons (Fsp3) is 0.111. The molecule has 0 saturated heterocycles. The Hall–Kier alpha value is -3.92. The predicted octanol–water partition coefficient (Wildman–Crippen LogP) is 5.93. The molecular formula is C27H20O4. The monoisotopic (exact) mass is 408 g/mol. The van der Waals surface area contributed by atoms with E-state index in [4.69, 9.17) is 4.74 Å². The molecule has 7 rings (SSSR count). The number of hydrogen-bond acceptors (Lipinski definition) is 4. The molecule has 31 heavy (non-hydrogen) atoms. The second kappa shape index (κ2) is 6.54. The molecule has 3 N–H and O–H groups in total. The van der Waals surface area contributed by atoms with E-state index >= 15 is 0 Å². The van der Waals surface area contributed by atoms with E-state index in [1.807, 2.05) is 48.5 Å². The molecule has 1 aliphatic carbocycles. The third-order valence-electron chi connectivity index (χ3n) is 6.29. The standard InChI is InChI=1S/C27H20O4/c28-19-6-9-21-18(12-19)11-15-1-7-20(8-2-15)31-27-24(29)10-5-16-3-4-17-13-25(30)23(21)14-22(17)26(16)27/h1-2,5-10,12-14,28-30H,3-4,11H2. The van der Waals surface area contributed by atoms with Gasteiger partial charge in [-0.2, -0.15) is 0 Å². The number of rotatable bonds is 0. The van der Waals surface area contributed by atoms with E-state index in [2.05, 4.69) is 0 Å². The fourth-order valence-electron chi connectivity index (χ4n) is 4.78. The summed E-state index contributed by atoms with van der Waals surface area (Å²) in [6.07, 6.45) is 2.21. The third kappa shape index (κ3) is 2.83. The first kappa shape index (κ1) is 17.9. The second-order valence-electron chi connectivity index (χ2n) is 8.24. The van der Waals surface area contributed by atoms with Gasteiger partial charge in [-0.15, -0.1) is 0 Å². The van der Waals surface area contributed by atoms with Gasteiger partial charge in [0, 0.05) is 11.1 Å². The van der Waals surface area contributed by atoms with Gasteiger partial charge in [-0.25, -0.2) is 0 Å². The Bertz CT molecular complexity index is 1350. The molecule has 2 aliphatic heterocycles. The lowest BCUT2D eigenvalue weighted by atomic mass is 9.82. The first-order valence-corrected chi connectivity index (χ1v) is 10.4. The van der Waals surface area contributed by atoms with E-state index in [1.165, 1.54) is 0 Å². The van der Waals surface area contributed by atoms with E-state index in [-0.39, 0.29) is 17.2 Å². The summed E-state index contributed by atoms with van der Waals surface area (Å²) < 4.78 is 6.20. The normalized spacial score (nSPS) is 13.4. The Balaban J connectivity index is 1.73. The molecule has 4 heteroatoms. The van der Waals surface area contributed by atoms with Gasteiger partial charge in [-0.1, -0.05) is 24.3 Å². The summed E-state index contributed by atoms with van der Waals surface area (Å²) in [4.78, 5) is 0. The molecule has 0 aromatic heterocycles. The van der Waals surface area contributed by atoms with Gasteiger partial charge in [0.2, 0.25) is 0 Å². The van der Waals surface area contributed by atoms with Crippen LogP contribution < -0.4 is 4.74 Å². The topological polar surface area (TPSA) is 69.9 Å². The van der Waals surface area contributed by atoms with Crippen LogP contribution in [0.3, 0.4) is 0 Å². The van der Waals surface area contributed by atoms with Crippen molar-refractivity contribution in [2.45, 2.75) is 19.3 Å². The Morgan fingerprint density at radius 2 is 1.42 bits per heavy atom. The highest BCUT2D eigenvalue weighted by molar-refractivity contribution is 5.87. The first-order valence-electron chi connectivity index (χ1n) is 10.4.